The van der Waals surface area contributed by atoms with Crippen molar-refractivity contribution in [1.82, 2.24) is 15.3 Å². The summed E-state index contributed by atoms with van der Waals surface area (Å²) in [5, 5.41) is 2.61. The zero-order valence-electron chi connectivity index (χ0n) is 11.7. The first-order chi connectivity index (χ1) is 10.2. The predicted octanol–water partition coefficient (Wildman–Crippen LogP) is 2.05. The second-order valence-corrected chi connectivity index (χ2v) is 4.80. The molecule has 5 heteroatoms. The van der Waals surface area contributed by atoms with Gasteiger partial charge in [-0.1, -0.05) is 24.3 Å². The number of fused-ring (bicyclic) bond motifs is 1. The molecule has 0 saturated carbocycles. The molecule has 3 rings (SSSR count). The Bertz CT molecular complexity index is 790. The normalized spacial score (nSPS) is 10.8. The van der Waals surface area contributed by atoms with Crippen molar-refractivity contribution in [3.63, 3.8) is 0 Å². The number of nitrogens with one attached hydrogen (secondary N) is 2. The third kappa shape index (κ3) is 2.51. The first kappa shape index (κ1) is 13.3. The molecular weight excluding hydrogens is 264 g/mol. The van der Waals surface area contributed by atoms with Crippen LogP contribution in [0.1, 0.15) is 15.9 Å². The van der Waals surface area contributed by atoms with Crippen LogP contribution >= 0.6 is 0 Å². The van der Waals surface area contributed by atoms with E-state index >= 15 is 0 Å². The average molecular weight is 280 g/mol. The molecule has 0 radical (unpaired) electrons. The number of hydrogen-bond donors (Lipinski definition) is 3. The van der Waals surface area contributed by atoms with Gasteiger partial charge >= 0.3 is 0 Å². The minimum Gasteiger partial charge on any atom is -0.355 e. The van der Waals surface area contributed by atoms with E-state index in [0.717, 1.165) is 28.0 Å². The Kier molecular flexibility index (Phi) is 3.41. The van der Waals surface area contributed by atoms with Crippen molar-refractivity contribution in [2.45, 2.75) is 6.54 Å². The molecule has 0 aliphatic heterocycles. The van der Waals surface area contributed by atoms with Gasteiger partial charge in [0, 0.05) is 24.7 Å². The third-order valence-corrected chi connectivity index (χ3v) is 3.43. The molecule has 0 spiro atoms. The number of aromatic nitrogens is 2. The highest BCUT2D eigenvalue weighted by Gasteiger charge is 2.08. The summed E-state index contributed by atoms with van der Waals surface area (Å²) < 4.78 is 0. The number of nitrogens with zero attached hydrogens (tertiary/aromatic N) is 1. The van der Waals surface area contributed by atoms with Crippen LogP contribution < -0.4 is 11.1 Å². The fourth-order valence-electron chi connectivity index (χ4n) is 2.23. The quantitative estimate of drug-likeness (QED) is 0.686. The molecule has 0 bridgehead atoms. The molecule has 0 aliphatic rings. The van der Waals surface area contributed by atoms with Gasteiger partial charge in [-0.15, -0.1) is 0 Å². The van der Waals surface area contributed by atoms with E-state index in [1.807, 2.05) is 30.3 Å². The van der Waals surface area contributed by atoms with E-state index in [0.29, 0.717) is 12.1 Å². The smallest absolute Gasteiger partial charge is 0.251 e. The Hall–Kier alpha value is -2.66. The highest BCUT2D eigenvalue weighted by atomic mass is 16.1. The monoisotopic (exact) mass is 280 g/mol. The van der Waals surface area contributed by atoms with Gasteiger partial charge in [-0.2, -0.15) is 0 Å². The predicted molar refractivity (Wildman–Crippen MR) is 82.8 cm³/mol. The van der Waals surface area contributed by atoms with Crippen molar-refractivity contribution in [2.75, 3.05) is 7.05 Å². The van der Waals surface area contributed by atoms with E-state index in [9.17, 15) is 4.79 Å². The fraction of sp³-hybridized carbons (Fsp3) is 0.125. The van der Waals surface area contributed by atoms with Crippen LogP contribution in [0.2, 0.25) is 0 Å². The van der Waals surface area contributed by atoms with Crippen LogP contribution in [0.15, 0.2) is 42.5 Å². The SMILES string of the molecule is CNC(=O)c1ccc2nc(-c3ccc(CN)cc3)[nH]c2c1. The van der Waals surface area contributed by atoms with E-state index in [4.69, 9.17) is 5.73 Å². The van der Waals surface area contributed by atoms with E-state index in [1.165, 1.54) is 0 Å². The molecule has 0 aliphatic carbocycles. The number of nitrogens with two attached hydrogens (primary N) is 1. The molecular formula is C16H16N4O. The number of carbonyl (C=O) groups excluding carboxylic acids is 1. The molecule has 1 aromatic heterocycles. The maximum Gasteiger partial charge on any atom is 0.251 e. The van der Waals surface area contributed by atoms with Gasteiger partial charge in [-0.05, 0) is 23.8 Å². The summed E-state index contributed by atoms with van der Waals surface area (Å²) in [6.07, 6.45) is 0. The van der Waals surface area contributed by atoms with Gasteiger partial charge in [0.1, 0.15) is 5.82 Å². The van der Waals surface area contributed by atoms with Crippen molar-refractivity contribution in [2.24, 2.45) is 5.73 Å². The second kappa shape index (κ2) is 5.38. The number of aromatic amines is 1. The first-order valence-corrected chi connectivity index (χ1v) is 6.72. The van der Waals surface area contributed by atoms with Crippen molar-refractivity contribution in [3.8, 4) is 11.4 Å². The minimum absolute atomic E-state index is 0.111. The maximum absolute atomic E-state index is 11.6. The summed E-state index contributed by atoms with van der Waals surface area (Å²) in [4.78, 5) is 19.4. The van der Waals surface area contributed by atoms with Gasteiger partial charge in [0.2, 0.25) is 0 Å². The van der Waals surface area contributed by atoms with Crippen LogP contribution in [0, 0.1) is 0 Å². The molecule has 4 N–H and O–H groups in total. The third-order valence-electron chi connectivity index (χ3n) is 3.43. The summed E-state index contributed by atoms with van der Waals surface area (Å²) in [5.41, 5.74) is 9.95. The molecule has 106 valence electrons. The number of carbonyl (C=O) groups is 1. The van der Waals surface area contributed by atoms with E-state index in [1.54, 1.807) is 19.2 Å². The Morgan fingerprint density at radius 3 is 2.67 bits per heavy atom. The average Bonchev–Trinajstić information content (AvgIpc) is 2.97. The van der Waals surface area contributed by atoms with Crippen LogP contribution in [0.4, 0.5) is 0 Å². The van der Waals surface area contributed by atoms with Gasteiger partial charge in [0.25, 0.3) is 5.91 Å². The lowest BCUT2D eigenvalue weighted by atomic mass is 10.1. The minimum atomic E-state index is -0.111. The number of amides is 1. The van der Waals surface area contributed by atoms with Crippen LogP contribution in [-0.4, -0.2) is 22.9 Å². The summed E-state index contributed by atoms with van der Waals surface area (Å²) >= 11 is 0. The van der Waals surface area contributed by atoms with E-state index < -0.39 is 0 Å². The van der Waals surface area contributed by atoms with Gasteiger partial charge in [-0.25, -0.2) is 4.98 Å². The zero-order chi connectivity index (χ0) is 14.8. The van der Waals surface area contributed by atoms with Gasteiger partial charge < -0.3 is 16.0 Å². The lowest BCUT2D eigenvalue weighted by Gasteiger charge is -1.99. The lowest BCUT2D eigenvalue weighted by Crippen LogP contribution is -2.17. The van der Waals surface area contributed by atoms with Gasteiger partial charge in [0.15, 0.2) is 0 Å². The highest BCUT2D eigenvalue weighted by Crippen LogP contribution is 2.21. The number of rotatable bonds is 3. The lowest BCUT2D eigenvalue weighted by molar-refractivity contribution is 0.0963. The molecule has 0 unspecified atom stereocenters. The Morgan fingerprint density at radius 1 is 1.24 bits per heavy atom. The first-order valence-electron chi connectivity index (χ1n) is 6.72. The van der Waals surface area contributed by atoms with Crippen molar-refractivity contribution < 1.29 is 4.79 Å². The summed E-state index contributed by atoms with van der Waals surface area (Å²) in [7, 11) is 1.61. The summed E-state index contributed by atoms with van der Waals surface area (Å²) in [6.45, 7) is 0.524. The zero-order valence-corrected chi connectivity index (χ0v) is 11.7. The highest BCUT2D eigenvalue weighted by molar-refractivity contribution is 5.97. The van der Waals surface area contributed by atoms with E-state index in [2.05, 4.69) is 15.3 Å². The Morgan fingerprint density at radius 2 is 2.00 bits per heavy atom. The van der Waals surface area contributed by atoms with Crippen molar-refractivity contribution >= 4 is 16.9 Å². The largest absolute Gasteiger partial charge is 0.355 e. The number of H-pyrrole nitrogens is 1. The number of benzene rings is 2. The molecule has 3 aromatic rings. The number of hydrogen-bond acceptors (Lipinski definition) is 3. The molecule has 2 aromatic carbocycles. The maximum atomic E-state index is 11.6. The standard InChI is InChI=1S/C16H16N4O/c1-18-16(21)12-6-7-13-14(8-12)20-15(19-13)11-4-2-10(9-17)3-5-11/h2-8H,9,17H2,1H3,(H,18,21)(H,19,20). The number of imidazole rings is 1. The van der Waals surface area contributed by atoms with Crippen molar-refractivity contribution in [3.05, 3.63) is 53.6 Å². The van der Waals surface area contributed by atoms with Gasteiger partial charge in [0.05, 0.1) is 11.0 Å². The molecule has 21 heavy (non-hydrogen) atoms. The molecule has 1 amide bonds. The van der Waals surface area contributed by atoms with Crippen LogP contribution in [0.25, 0.3) is 22.4 Å². The molecule has 0 fully saturated rings. The fourth-order valence-corrected chi connectivity index (χ4v) is 2.23. The molecule has 5 nitrogen and oxygen atoms in total. The molecule has 1 heterocycles. The second-order valence-electron chi connectivity index (χ2n) is 4.80. The van der Waals surface area contributed by atoms with Crippen molar-refractivity contribution in [1.29, 1.82) is 0 Å². The van der Waals surface area contributed by atoms with Crippen LogP contribution in [0.5, 0.6) is 0 Å². The summed E-state index contributed by atoms with van der Waals surface area (Å²) in [5.74, 6) is 0.669. The topological polar surface area (TPSA) is 83.8 Å². The molecule has 0 atom stereocenters. The Labute approximate surface area is 122 Å². The van der Waals surface area contributed by atoms with Crippen LogP contribution in [-0.2, 0) is 6.54 Å². The summed E-state index contributed by atoms with van der Waals surface area (Å²) in [6, 6.07) is 13.4. The molecule has 0 saturated heterocycles. The van der Waals surface area contributed by atoms with Gasteiger partial charge in [-0.3, -0.25) is 4.79 Å². The Balaban J connectivity index is 2.01. The van der Waals surface area contributed by atoms with Crippen LogP contribution in [0.3, 0.4) is 0 Å². The van der Waals surface area contributed by atoms with E-state index in [-0.39, 0.29) is 5.91 Å².